The Morgan fingerprint density at radius 3 is 1.98 bits per heavy atom. The summed E-state index contributed by atoms with van der Waals surface area (Å²) >= 11 is 1.79. The third-order valence-corrected chi connectivity index (χ3v) is 11.7. The number of hydrogen-bond acceptors (Lipinski definition) is 7. The fraction of sp³-hybridized carbons (Fsp3) is 0. The van der Waals surface area contributed by atoms with Crippen LogP contribution in [0.4, 0.5) is 0 Å². The average molecular weight is 723 g/mol. The fourth-order valence-electron chi connectivity index (χ4n) is 7.94. The van der Waals surface area contributed by atoms with Crippen molar-refractivity contribution in [3.05, 3.63) is 158 Å². The van der Waals surface area contributed by atoms with Crippen molar-refractivity contribution >= 4 is 86.1 Å². The van der Waals surface area contributed by atoms with Gasteiger partial charge in [-0.25, -0.2) is 19.9 Å². The molecule has 0 N–H and O–H groups in total. The lowest BCUT2D eigenvalue weighted by molar-refractivity contribution is 0.622. The molecule has 0 fully saturated rings. The minimum absolute atomic E-state index is 0.575. The van der Waals surface area contributed by atoms with Gasteiger partial charge in [-0.05, 0) is 76.1 Å². The van der Waals surface area contributed by atoms with Gasteiger partial charge in [0.05, 0.1) is 5.39 Å². The summed E-state index contributed by atoms with van der Waals surface area (Å²) in [5, 5.41) is 8.59. The third-order valence-electron chi connectivity index (χ3n) is 10.5. The first kappa shape index (κ1) is 30.3. The average Bonchev–Trinajstić information content (AvgIpc) is 3.97. The lowest BCUT2D eigenvalue weighted by Gasteiger charge is -2.11. The Bertz CT molecular complexity index is 3510. The fourth-order valence-corrected chi connectivity index (χ4v) is 9.08. The van der Waals surface area contributed by atoms with Crippen molar-refractivity contribution < 1.29 is 8.83 Å². The number of rotatable bonds is 4. The van der Waals surface area contributed by atoms with E-state index in [0.717, 1.165) is 76.6 Å². The van der Waals surface area contributed by atoms with Crippen LogP contribution in [-0.4, -0.2) is 19.9 Å². The third kappa shape index (κ3) is 4.73. The minimum Gasteiger partial charge on any atom is -0.456 e. The molecule has 0 amide bonds. The molecular weight excluding hydrogens is 697 g/mol. The summed E-state index contributed by atoms with van der Waals surface area (Å²) in [5.74, 6) is 2.41. The summed E-state index contributed by atoms with van der Waals surface area (Å²) in [7, 11) is 0. The standard InChI is InChI=1S/C48H26N4O2S/c1-2-10-29(11-3-1)48-49-36-22-24-38-43(44(36)54-48)42-35-26-32(20-18-28(35)21-23-37(42)53-38)46-50-45(31-19-17-27-9-4-5-12-30(27)25-31)51-47(52-46)34-14-8-16-40-41(34)33-13-6-7-15-39(33)55-40/h1-26H. The zero-order chi connectivity index (χ0) is 36.0. The SMILES string of the molecule is c1ccc(-c2nc3ccc4oc5ccc6ccc(-c7nc(-c8ccc9ccccc9c8)nc(-c8cccc9sc%10ccccc%10c89)n7)cc6c5c4c3o2)cc1. The van der Waals surface area contributed by atoms with Crippen LogP contribution < -0.4 is 0 Å². The van der Waals surface area contributed by atoms with Crippen LogP contribution in [0.3, 0.4) is 0 Å². The maximum absolute atomic E-state index is 6.51. The van der Waals surface area contributed by atoms with E-state index in [2.05, 4.69) is 109 Å². The normalized spacial score (nSPS) is 12.0. The van der Waals surface area contributed by atoms with Crippen LogP contribution in [0.1, 0.15) is 0 Å². The van der Waals surface area contributed by atoms with Crippen LogP contribution in [0.25, 0.3) is 120 Å². The van der Waals surface area contributed by atoms with Crippen molar-refractivity contribution in [1.82, 2.24) is 19.9 Å². The van der Waals surface area contributed by atoms with Crippen molar-refractivity contribution in [1.29, 1.82) is 0 Å². The van der Waals surface area contributed by atoms with E-state index in [9.17, 15) is 0 Å². The number of benzene rings is 8. The largest absolute Gasteiger partial charge is 0.456 e. The van der Waals surface area contributed by atoms with Gasteiger partial charge in [0.25, 0.3) is 0 Å². The van der Waals surface area contributed by atoms with Gasteiger partial charge in [0.15, 0.2) is 23.1 Å². The van der Waals surface area contributed by atoms with Crippen molar-refractivity contribution in [3.63, 3.8) is 0 Å². The van der Waals surface area contributed by atoms with Crippen LogP contribution in [-0.2, 0) is 0 Å². The molecule has 0 aliphatic heterocycles. The highest BCUT2D eigenvalue weighted by Gasteiger charge is 2.21. The second-order valence-corrected chi connectivity index (χ2v) is 14.9. The molecule has 8 aromatic carbocycles. The predicted molar refractivity (Wildman–Crippen MR) is 224 cm³/mol. The van der Waals surface area contributed by atoms with Gasteiger partial charge < -0.3 is 8.83 Å². The Balaban J connectivity index is 1.11. The summed E-state index contributed by atoms with van der Waals surface area (Å²) in [6.07, 6.45) is 0. The number of furan rings is 1. The van der Waals surface area contributed by atoms with Gasteiger partial charge in [-0.15, -0.1) is 11.3 Å². The molecule has 0 atom stereocenters. The van der Waals surface area contributed by atoms with E-state index in [1.165, 1.54) is 14.8 Å². The van der Waals surface area contributed by atoms with Gasteiger partial charge in [-0.2, -0.15) is 0 Å². The molecule has 0 saturated carbocycles. The molecule has 0 aliphatic carbocycles. The zero-order valence-electron chi connectivity index (χ0n) is 29.0. The van der Waals surface area contributed by atoms with E-state index >= 15 is 0 Å². The Labute approximate surface area is 317 Å². The van der Waals surface area contributed by atoms with E-state index < -0.39 is 0 Å². The first-order valence-electron chi connectivity index (χ1n) is 18.1. The second-order valence-electron chi connectivity index (χ2n) is 13.8. The molecule has 55 heavy (non-hydrogen) atoms. The lowest BCUT2D eigenvalue weighted by atomic mass is 10.0. The number of oxazole rings is 1. The van der Waals surface area contributed by atoms with E-state index in [4.69, 9.17) is 28.8 Å². The van der Waals surface area contributed by atoms with Gasteiger partial charge in [0.2, 0.25) is 5.89 Å². The predicted octanol–water partition coefficient (Wildman–Crippen LogP) is 13.3. The molecule has 12 rings (SSSR count). The first-order valence-corrected chi connectivity index (χ1v) is 18.9. The van der Waals surface area contributed by atoms with Crippen molar-refractivity contribution in [2.75, 3.05) is 0 Å². The van der Waals surface area contributed by atoms with E-state index in [0.29, 0.717) is 28.9 Å². The smallest absolute Gasteiger partial charge is 0.227 e. The van der Waals surface area contributed by atoms with E-state index in [1.807, 2.05) is 48.5 Å². The molecule has 0 bridgehead atoms. The molecule has 12 aromatic rings. The van der Waals surface area contributed by atoms with Crippen LogP contribution in [0.15, 0.2) is 167 Å². The minimum atomic E-state index is 0.575. The molecule has 256 valence electrons. The maximum atomic E-state index is 6.51. The number of aromatic nitrogens is 4. The maximum Gasteiger partial charge on any atom is 0.227 e. The van der Waals surface area contributed by atoms with E-state index in [-0.39, 0.29) is 0 Å². The van der Waals surface area contributed by atoms with Crippen LogP contribution in [0.2, 0.25) is 0 Å². The molecule has 0 unspecified atom stereocenters. The first-order chi connectivity index (χ1) is 27.2. The summed E-state index contributed by atoms with van der Waals surface area (Å²) in [6.45, 7) is 0. The van der Waals surface area contributed by atoms with Gasteiger partial charge in [-0.3, -0.25) is 0 Å². The van der Waals surface area contributed by atoms with Crippen molar-refractivity contribution in [3.8, 4) is 45.6 Å². The van der Waals surface area contributed by atoms with Crippen LogP contribution in [0, 0.1) is 0 Å². The highest BCUT2D eigenvalue weighted by molar-refractivity contribution is 7.25. The molecule has 4 aromatic heterocycles. The summed E-state index contributed by atoms with van der Waals surface area (Å²) in [5.41, 5.74) is 6.69. The second kappa shape index (κ2) is 11.6. The number of fused-ring (bicyclic) bond motifs is 11. The Morgan fingerprint density at radius 2 is 1.09 bits per heavy atom. The molecular formula is C48H26N4O2S. The highest BCUT2D eigenvalue weighted by atomic mass is 32.1. The molecule has 7 heteroatoms. The van der Waals surface area contributed by atoms with Crippen molar-refractivity contribution in [2.45, 2.75) is 0 Å². The Hall–Kier alpha value is -7.22. The molecule has 0 radical (unpaired) electrons. The monoisotopic (exact) mass is 722 g/mol. The van der Waals surface area contributed by atoms with E-state index in [1.54, 1.807) is 11.3 Å². The zero-order valence-corrected chi connectivity index (χ0v) is 29.8. The topological polar surface area (TPSA) is 77.8 Å². The van der Waals surface area contributed by atoms with Crippen LogP contribution >= 0.6 is 11.3 Å². The number of nitrogens with zero attached hydrogens (tertiary/aromatic N) is 4. The molecule has 0 aliphatic rings. The number of thiophene rings is 1. The van der Waals surface area contributed by atoms with Crippen molar-refractivity contribution in [2.24, 2.45) is 0 Å². The quantitative estimate of drug-likeness (QED) is 0.180. The molecule has 6 nitrogen and oxygen atoms in total. The Kier molecular flexibility index (Phi) is 6.40. The van der Waals surface area contributed by atoms with Gasteiger partial charge in [-0.1, -0.05) is 103 Å². The number of hydrogen-bond donors (Lipinski definition) is 0. The highest BCUT2D eigenvalue weighted by Crippen LogP contribution is 2.42. The molecule has 0 spiro atoms. The Morgan fingerprint density at radius 1 is 0.400 bits per heavy atom. The van der Waals surface area contributed by atoms with Gasteiger partial charge in [0, 0.05) is 47.8 Å². The van der Waals surface area contributed by atoms with Crippen LogP contribution in [0.5, 0.6) is 0 Å². The lowest BCUT2D eigenvalue weighted by Crippen LogP contribution is -2.00. The van der Waals surface area contributed by atoms with Gasteiger partial charge in [0.1, 0.15) is 16.7 Å². The summed E-state index contributed by atoms with van der Waals surface area (Å²) in [6, 6.07) is 54.1. The summed E-state index contributed by atoms with van der Waals surface area (Å²) in [4.78, 5) is 20.5. The van der Waals surface area contributed by atoms with Gasteiger partial charge >= 0.3 is 0 Å². The molecule has 4 heterocycles. The molecule has 0 saturated heterocycles. The summed E-state index contributed by atoms with van der Waals surface area (Å²) < 4.78 is 15.4.